The van der Waals surface area contributed by atoms with Gasteiger partial charge in [-0.05, 0) is 12.0 Å². The zero-order chi connectivity index (χ0) is 10.0. The van der Waals surface area contributed by atoms with E-state index in [-0.39, 0.29) is 11.6 Å². The van der Waals surface area contributed by atoms with Gasteiger partial charge in [-0.3, -0.25) is 0 Å². The minimum absolute atomic E-state index is 0.0594. The molecule has 0 aliphatic heterocycles. The molecule has 0 bridgehead atoms. The number of nitrogens with two attached hydrogens (primary N) is 1. The molecule has 0 saturated carbocycles. The summed E-state index contributed by atoms with van der Waals surface area (Å²) in [5.41, 5.74) is 6.44. The van der Waals surface area contributed by atoms with Crippen molar-refractivity contribution in [1.29, 1.82) is 5.41 Å². The quantitative estimate of drug-likeness (QED) is 0.533. The summed E-state index contributed by atoms with van der Waals surface area (Å²) in [5, 5.41) is 7.68. The highest BCUT2D eigenvalue weighted by atomic mass is 19.1. The van der Waals surface area contributed by atoms with Crippen LogP contribution in [0.25, 0.3) is 0 Å². The number of halogens is 1. The molecule has 0 fully saturated rings. The lowest BCUT2D eigenvalue weighted by atomic mass is 9.99. The largest absolute Gasteiger partial charge is 0.396 e. The Hall–Kier alpha value is -1.38. The fourth-order valence-electron chi connectivity index (χ4n) is 1.08. The Balaban J connectivity index is 3.15. The molecule has 3 heteroatoms. The van der Waals surface area contributed by atoms with Crippen molar-refractivity contribution in [1.82, 2.24) is 0 Å². The molecule has 0 heterocycles. The first kappa shape index (κ1) is 9.71. The van der Waals surface area contributed by atoms with Crippen LogP contribution in [0, 0.1) is 17.1 Å². The lowest BCUT2D eigenvalue weighted by Gasteiger charge is -2.10. The Morgan fingerprint density at radius 1 is 1.46 bits per heavy atom. The fourth-order valence-corrected chi connectivity index (χ4v) is 1.08. The number of para-hydroxylation sites is 1. The Kier molecular flexibility index (Phi) is 2.66. The highest BCUT2D eigenvalue weighted by molar-refractivity contribution is 6.03. The van der Waals surface area contributed by atoms with E-state index < -0.39 is 5.82 Å². The van der Waals surface area contributed by atoms with E-state index in [1.807, 2.05) is 13.8 Å². The number of hydrogen-bond donors (Lipinski definition) is 2. The maximum Gasteiger partial charge on any atom is 0.146 e. The highest BCUT2D eigenvalue weighted by Crippen LogP contribution is 2.18. The van der Waals surface area contributed by atoms with Crippen LogP contribution in [0.4, 0.5) is 10.1 Å². The molecule has 0 saturated heterocycles. The molecule has 3 N–H and O–H groups in total. The smallest absolute Gasteiger partial charge is 0.146 e. The highest BCUT2D eigenvalue weighted by Gasteiger charge is 2.11. The van der Waals surface area contributed by atoms with E-state index >= 15 is 0 Å². The molecule has 0 spiro atoms. The molecule has 0 radical (unpaired) electrons. The third-order valence-electron chi connectivity index (χ3n) is 1.92. The van der Waals surface area contributed by atoms with Crippen molar-refractivity contribution in [2.24, 2.45) is 5.92 Å². The van der Waals surface area contributed by atoms with Crippen molar-refractivity contribution in [3.8, 4) is 0 Å². The standard InChI is InChI=1S/C10H13FN2/c1-6(2)9(12)7-4-3-5-8(11)10(7)13/h3-6,12H,13H2,1-2H3. The molecule has 0 aliphatic carbocycles. The average Bonchev–Trinajstić information content (AvgIpc) is 2.08. The first-order chi connectivity index (χ1) is 6.04. The van der Waals surface area contributed by atoms with Gasteiger partial charge >= 0.3 is 0 Å². The summed E-state index contributed by atoms with van der Waals surface area (Å²) in [6.45, 7) is 3.76. The van der Waals surface area contributed by atoms with Gasteiger partial charge in [0.15, 0.2) is 0 Å². The Morgan fingerprint density at radius 3 is 2.62 bits per heavy atom. The summed E-state index contributed by atoms with van der Waals surface area (Å²) in [4.78, 5) is 0. The van der Waals surface area contributed by atoms with Gasteiger partial charge in [-0.25, -0.2) is 4.39 Å². The summed E-state index contributed by atoms with van der Waals surface area (Å²) in [6, 6.07) is 4.53. The Bertz CT molecular complexity index is 332. The summed E-state index contributed by atoms with van der Waals surface area (Å²) in [6.07, 6.45) is 0. The number of benzene rings is 1. The maximum absolute atomic E-state index is 13.0. The number of nitrogens with one attached hydrogen (secondary N) is 1. The zero-order valence-electron chi connectivity index (χ0n) is 7.76. The topological polar surface area (TPSA) is 49.9 Å². The van der Waals surface area contributed by atoms with E-state index in [0.29, 0.717) is 11.3 Å². The van der Waals surface area contributed by atoms with Gasteiger partial charge in [-0.2, -0.15) is 0 Å². The molecular formula is C10H13FN2. The van der Waals surface area contributed by atoms with E-state index in [1.54, 1.807) is 12.1 Å². The van der Waals surface area contributed by atoms with Crippen molar-refractivity contribution in [2.75, 3.05) is 5.73 Å². The first-order valence-corrected chi connectivity index (χ1v) is 4.17. The van der Waals surface area contributed by atoms with Crippen molar-refractivity contribution in [3.63, 3.8) is 0 Å². The summed E-state index contributed by atoms with van der Waals surface area (Å²) in [7, 11) is 0. The Labute approximate surface area is 77.1 Å². The molecule has 0 aromatic heterocycles. The molecule has 1 aromatic carbocycles. The van der Waals surface area contributed by atoms with Crippen LogP contribution < -0.4 is 5.73 Å². The van der Waals surface area contributed by atoms with Gasteiger partial charge < -0.3 is 11.1 Å². The number of anilines is 1. The second-order valence-corrected chi connectivity index (χ2v) is 3.27. The van der Waals surface area contributed by atoms with Gasteiger partial charge in [0, 0.05) is 11.3 Å². The van der Waals surface area contributed by atoms with Crippen LogP contribution in [-0.2, 0) is 0 Å². The third-order valence-corrected chi connectivity index (χ3v) is 1.92. The van der Waals surface area contributed by atoms with Gasteiger partial charge in [0.2, 0.25) is 0 Å². The molecular weight excluding hydrogens is 167 g/mol. The molecule has 0 amide bonds. The van der Waals surface area contributed by atoms with Gasteiger partial charge in [0.1, 0.15) is 5.82 Å². The van der Waals surface area contributed by atoms with E-state index in [0.717, 1.165) is 0 Å². The second kappa shape index (κ2) is 3.56. The van der Waals surface area contributed by atoms with Crippen molar-refractivity contribution in [2.45, 2.75) is 13.8 Å². The molecule has 0 unspecified atom stereocenters. The minimum Gasteiger partial charge on any atom is -0.396 e. The number of hydrogen-bond acceptors (Lipinski definition) is 2. The van der Waals surface area contributed by atoms with Crippen LogP contribution in [0.5, 0.6) is 0 Å². The van der Waals surface area contributed by atoms with E-state index in [2.05, 4.69) is 0 Å². The van der Waals surface area contributed by atoms with Crippen LogP contribution in [0.1, 0.15) is 19.4 Å². The van der Waals surface area contributed by atoms with Crippen LogP contribution in [0.15, 0.2) is 18.2 Å². The number of rotatable bonds is 2. The Morgan fingerprint density at radius 2 is 2.08 bits per heavy atom. The SMILES string of the molecule is CC(C)C(=N)c1cccc(F)c1N. The van der Waals surface area contributed by atoms with Crippen LogP contribution in [0.3, 0.4) is 0 Å². The lowest BCUT2D eigenvalue weighted by molar-refractivity contribution is 0.632. The van der Waals surface area contributed by atoms with Gasteiger partial charge in [-0.15, -0.1) is 0 Å². The molecule has 2 nitrogen and oxygen atoms in total. The molecule has 13 heavy (non-hydrogen) atoms. The fraction of sp³-hybridized carbons (Fsp3) is 0.300. The molecule has 0 atom stereocenters. The molecule has 1 rings (SSSR count). The maximum atomic E-state index is 13.0. The van der Waals surface area contributed by atoms with Gasteiger partial charge in [0.05, 0.1) is 5.69 Å². The van der Waals surface area contributed by atoms with Crippen molar-refractivity contribution in [3.05, 3.63) is 29.6 Å². The lowest BCUT2D eigenvalue weighted by Crippen LogP contribution is -2.11. The second-order valence-electron chi connectivity index (χ2n) is 3.27. The van der Waals surface area contributed by atoms with E-state index in [1.165, 1.54) is 6.07 Å². The van der Waals surface area contributed by atoms with Crippen LogP contribution >= 0.6 is 0 Å². The van der Waals surface area contributed by atoms with Gasteiger partial charge in [-0.1, -0.05) is 26.0 Å². The predicted octanol–water partition coefficient (Wildman–Crippen LogP) is 2.43. The third kappa shape index (κ3) is 1.86. The normalized spacial score (nSPS) is 10.5. The predicted molar refractivity (Wildman–Crippen MR) is 52.5 cm³/mol. The van der Waals surface area contributed by atoms with Crippen LogP contribution in [0.2, 0.25) is 0 Å². The monoisotopic (exact) mass is 180 g/mol. The van der Waals surface area contributed by atoms with Crippen molar-refractivity contribution < 1.29 is 4.39 Å². The van der Waals surface area contributed by atoms with E-state index in [4.69, 9.17) is 11.1 Å². The number of nitrogen functional groups attached to an aromatic ring is 1. The minimum atomic E-state index is -0.456. The average molecular weight is 180 g/mol. The zero-order valence-corrected chi connectivity index (χ0v) is 7.76. The summed E-state index contributed by atoms with van der Waals surface area (Å²) < 4.78 is 13.0. The van der Waals surface area contributed by atoms with Crippen molar-refractivity contribution >= 4 is 11.4 Å². The summed E-state index contributed by atoms with van der Waals surface area (Å²) >= 11 is 0. The van der Waals surface area contributed by atoms with Crippen LogP contribution in [-0.4, -0.2) is 5.71 Å². The molecule has 70 valence electrons. The first-order valence-electron chi connectivity index (χ1n) is 4.17. The molecule has 1 aromatic rings. The van der Waals surface area contributed by atoms with E-state index in [9.17, 15) is 4.39 Å². The summed E-state index contributed by atoms with van der Waals surface area (Å²) in [5.74, 6) is -0.396. The molecule has 0 aliphatic rings. The van der Waals surface area contributed by atoms with Gasteiger partial charge in [0.25, 0.3) is 0 Å².